The molecule has 1 heterocycles. The Bertz CT molecular complexity index is 563. The van der Waals surface area contributed by atoms with Crippen molar-refractivity contribution in [2.24, 2.45) is 23.5 Å². The zero-order valence-electron chi connectivity index (χ0n) is 14.3. The number of pyridine rings is 1. The minimum atomic E-state index is -0.0188. The van der Waals surface area contributed by atoms with E-state index < -0.39 is 0 Å². The number of hydrogen-bond donors (Lipinski definition) is 3. The second-order valence-corrected chi connectivity index (χ2v) is 8.20. The molecule has 5 rings (SSSR count). The van der Waals surface area contributed by atoms with E-state index in [0.717, 1.165) is 23.4 Å². The van der Waals surface area contributed by atoms with Gasteiger partial charge in [0.1, 0.15) is 5.82 Å². The van der Waals surface area contributed by atoms with Gasteiger partial charge >= 0.3 is 0 Å². The topological polar surface area (TPSA) is 80.0 Å². The molecule has 0 spiro atoms. The van der Waals surface area contributed by atoms with E-state index in [0.29, 0.717) is 30.7 Å². The lowest BCUT2D eigenvalue weighted by atomic mass is 9.53. The third-order valence-corrected chi connectivity index (χ3v) is 6.09. The van der Waals surface area contributed by atoms with Gasteiger partial charge in [-0.15, -0.1) is 0 Å². The lowest BCUT2D eigenvalue weighted by molar-refractivity contribution is -0.116. The first-order valence-electron chi connectivity index (χ1n) is 9.38. The molecule has 4 aliphatic carbocycles. The minimum absolute atomic E-state index is 0.0188. The van der Waals surface area contributed by atoms with Crippen molar-refractivity contribution < 1.29 is 4.79 Å². The van der Waals surface area contributed by atoms with Crippen molar-refractivity contribution in [2.75, 3.05) is 17.2 Å². The first-order valence-corrected chi connectivity index (χ1v) is 9.38. The first-order chi connectivity index (χ1) is 11.6. The minimum Gasteiger partial charge on any atom is -0.378 e. The van der Waals surface area contributed by atoms with E-state index in [4.69, 9.17) is 5.73 Å². The second kappa shape index (κ2) is 6.36. The Hall–Kier alpha value is -1.62. The lowest BCUT2D eigenvalue weighted by Crippen LogP contribution is -2.54. The molecule has 4 bridgehead atoms. The van der Waals surface area contributed by atoms with Gasteiger partial charge in [0.05, 0.1) is 11.9 Å². The quantitative estimate of drug-likeness (QED) is 0.749. The average molecular weight is 328 g/mol. The van der Waals surface area contributed by atoms with Crippen molar-refractivity contribution in [2.45, 2.75) is 56.9 Å². The van der Waals surface area contributed by atoms with E-state index in [9.17, 15) is 4.79 Å². The zero-order valence-corrected chi connectivity index (χ0v) is 14.3. The molecule has 0 atom stereocenters. The maximum absolute atomic E-state index is 11.7. The van der Waals surface area contributed by atoms with Gasteiger partial charge in [-0.2, -0.15) is 0 Å². The number of amides is 1. The summed E-state index contributed by atoms with van der Waals surface area (Å²) in [4.78, 5) is 16.1. The number of carbonyl (C=O) groups excluding carboxylic acids is 1. The molecule has 4 saturated carbocycles. The fourth-order valence-electron chi connectivity index (χ4n) is 5.58. The van der Waals surface area contributed by atoms with Crippen molar-refractivity contribution in [1.29, 1.82) is 0 Å². The highest BCUT2D eigenvalue weighted by molar-refractivity contribution is 5.89. The van der Waals surface area contributed by atoms with E-state index in [1.54, 1.807) is 0 Å². The van der Waals surface area contributed by atoms with Crippen molar-refractivity contribution in [3.63, 3.8) is 0 Å². The van der Waals surface area contributed by atoms with Crippen LogP contribution < -0.4 is 16.4 Å². The van der Waals surface area contributed by atoms with Gasteiger partial charge in [0, 0.05) is 12.0 Å². The summed E-state index contributed by atoms with van der Waals surface area (Å²) in [7, 11) is 0. The van der Waals surface area contributed by atoms with Crippen LogP contribution in [0.1, 0.15) is 51.4 Å². The van der Waals surface area contributed by atoms with Gasteiger partial charge in [0.2, 0.25) is 5.91 Å². The predicted octanol–water partition coefficient (Wildman–Crippen LogP) is 3.14. The Balaban J connectivity index is 1.38. The van der Waals surface area contributed by atoms with Crippen LogP contribution in [0.15, 0.2) is 18.3 Å². The van der Waals surface area contributed by atoms with Crippen LogP contribution in [-0.4, -0.2) is 23.0 Å². The SMILES string of the molecule is NCCCC(=O)Nc1ccc(NC23CC4CC(CC(C4)C2)C3)cn1. The maximum atomic E-state index is 11.7. The molecule has 5 nitrogen and oxygen atoms in total. The van der Waals surface area contributed by atoms with Gasteiger partial charge < -0.3 is 16.4 Å². The number of nitrogens with two attached hydrogens (primary N) is 1. The molecule has 1 aromatic heterocycles. The van der Waals surface area contributed by atoms with Crippen LogP contribution in [0.3, 0.4) is 0 Å². The van der Waals surface area contributed by atoms with Crippen LogP contribution >= 0.6 is 0 Å². The van der Waals surface area contributed by atoms with Crippen LogP contribution in [-0.2, 0) is 4.79 Å². The Morgan fingerprint density at radius 2 is 1.83 bits per heavy atom. The molecule has 0 saturated heterocycles. The average Bonchev–Trinajstić information content (AvgIpc) is 2.53. The molecule has 1 aromatic rings. The molecular formula is C19H28N4O. The van der Waals surface area contributed by atoms with Crippen molar-refractivity contribution in [1.82, 2.24) is 4.98 Å². The normalized spacial score (nSPS) is 33.5. The third-order valence-electron chi connectivity index (χ3n) is 6.09. The maximum Gasteiger partial charge on any atom is 0.225 e. The van der Waals surface area contributed by atoms with Crippen LogP contribution in [0.2, 0.25) is 0 Å². The number of aromatic nitrogens is 1. The van der Waals surface area contributed by atoms with E-state index >= 15 is 0 Å². The highest BCUT2D eigenvalue weighted by Crippen LogP contribution is 2.56. The number of hydrogen-bond acceptors (Lipinski definition) is 4. The van der Waals surface area contributed by atoms with Crippen molar-refractivity contribution in [3.8, 4) is 0 Å². The monoisotopic (exact) mass is 328 g/mol. The van der Waals surface area contributed by atoms with Gasteiger partial charge in [-0.1, -0.05) is 0 Å². The van der Waals surface area contributed by atoms with Crippen LogP contribution in [0, 0.1) is 17.8 Å². The molecule has 0 aromatic carbocycles. The van der Waals surface area contributed by atoms with E-state index in [2.05, 4.69) is 15.6 Å². The second-order valence-electron chi connectivity index (χ2n) is 8.20. The van der Waals surface area contributed by atoms with Crippen LogP contribution in [0.4, 0.5) is 11.5 Å². The van der Waals surface area contributed by atoms with Crippen molar-refractivity contribution in [3.05, 3.63) is 18.3 Å². The van der Waals surface area contributed by atoms with Crippen LogP contribution in [0.5, 0.6) is 0 Å². The number of nitrogens with one attached hydrogen (secondary N) is 2. The van der Waals surface area contributed by atoms with Crippen LogP contribution in [0.25, 0.3) is 0 Å². The molecule has 0 unspecified atom stereocenters. The summed E-state index contributed by atoms with van der Waals surface area (Å²) in [6.07, 6.45) is 11.3. The van der Waals surface area contributed by atoms with Gasteiger partial charge in [-0.3, -0.25) is 4.79 Å². The number of carbonyl (C=O) groups is 1. The Labute approximate surface area is 143 Å². The fourth-order valence-corrected chi connectivity index (χ4v) is 5.58. The number of anilines is 2. The zero-order chi connectivity index (χ0) is 16.6. The molecule has 0 radical (unpaired) electrons. The van der Waals surface area contributed by atoms with Crippen molar-refractivity contribution >= 4 is 17.4 Å². The summed E-state index contributed by atoms with van der Waals surface area (Å²) in [6, 6.07) is 3.94. The lowest BCUT2D eigenvalue weighted by Gasteiger charge is -2.57. The summed E-state index contributed by atoms with van der Waals surface area (Å²) in [5.74, 6) is 3.39. The number of rotatable bonds is 6. The smallest absolute Gasteiger partial charge is 0.225 e. The Morgan fingerprint density at radius 1 is 1.17 bits per heavy atom. The molecule has 0 aliphatic heterocycles. The molecule has 24 heavy (non-hydrogen) atoms. The summed E-state index contributed by atoms with van der Waals surface area (Å²) < 4.78 is 0. The van der Waals surface area contributed by atoms with E-state index in [1.807, 2.05) is 18.3 Å². The highest BCUT2D eigenvalue weighted by Gasteiger charge is 2.50. The molecule has 130 valence electrons. The molecular weight excluding hydrogens is 300 g/mol. The molecule has 4 N–H and O–H groups in total. The highest BCUT2D eigenvalue weighted by atomic mass is 16.1. The summed E-state index contributed by atoms with van der Waals surface area (Å²) in [5, 5.41) is 6.64. The summed E-state index contributed by atoms with van der Waals surface area (Å²) in [5.41, 5.74) is 6.80. The predicted molar refractivity (Wildman–Crippen MR) is 95.7 cm³/mol. The molecule has 4 aliphatic rings. The molecule has 5 heteroatoms. The van der Waals surface area contributed by atoms with Gasteiger partial charge in [0.15, 0.2) is 0 Å². The molecule has 4 fully saturated rings. The van der Waals surface area contributed by atoms with E-state index in [-0.39, 0.29) is 5.91 Å². The van der Waals surface area contributed by atoms with Gasteiger partial charge in [-0.25, -0.2) is 4.98 Å². The third kappa shape index (κ3) is 3.27. The standard InChI is InChI=1S/C19H28N4O/c20-5-1-2-18(24)22-17-4-3-16(12-21-17)23-19-9-13-6-14(10-19)8-15(7-13)11-19/h3-4,12-15,23H,1-2,5-11,20H2,(H,21,22,24). The summed E-state index contributed by atoms with van der Waals surface area (Å²) >= 11 is 0. The van der Waals surface area contributed by atoms with Gasteiger partial charge in [0.25, 0.3) is 0 Å². The largest absolute Gasteiger partial charge is 0.378 e. The summed E-state index contributed by atoms with van der Waals surface area (Å²) in [6.45, 7) is 0.536. The fraction of sp³-hybridized carbons (Fsp3) is 0.684. The Kier molecular flexibility index (Phi) is 4.21. The number of nitrogens with zero attached hydrogens (tertiary/aromatic N) is 1. The first kappa shape index (κ1) is 15.9. The molecule has 1 amide bonds. The Morgan fingerprint density at radius 3 is 2.38 bits per heavy atom. The van der Waals surface area contributed by atoms with E-state index in [1.165, 1.54) is 38.5 Å². The van der Waals surface area contributed by atoms with Gasteiger partial charge in [-0.05, 0) is 81.4 Å².